The molecule has 0 amide bonds. The molecule has 0 aromatic heterocycles. The van der Waals surface area contributed by atoms with E-state index in [0.717, 1.165) is 44.7 Å². The predicted octanol–water partition coefficient (Wildman–Crippen LogP) is 1.92. The number of piperidine rings is 1. The van der Waals surface area contributed by atoms with Gasteiger partial charge >= 0.3 is 0 Å². The zero-order chi connectivity index (χ0) is 16.3. The summed E-state index contributed by atoms with van der Waals surface area (Å²) in [5.41, 5.74) is 2.58. The molecule has 2 heterocycles. The minimum Gasteiger partial charge on any atom is -0.493 e. The van der Waals surface area contributed by atoms with E-state index < -0.39 is 10.0 Å². The molecule has 23 heavy (non-hydrogen) atoms. The maximum atomic E-state index is 11.2. The maximum absolute atomic E-state index is 11.2. The molecule has 0 bridgehead atoms. The summed E-state index contributed by atoms with van der Waals surface area (Å²) < 4.78 is 30.9. The predicted molar refractivity (Wildman–Crippen MR) is 91.2 cm³/mol. The van der Waals surface area contributed by atoms with E-state index in [4.69, 9.17) is 4.74 Å². The molecule has 2 aliphatic heterocycles. The molecule has 3 rings (SSSR count). The van der Waals surface area contributed by atoms with Crippen LogP contribution in [0.2, 0.25) is 0 Å². The molecule has 1 saturated heterocycles. The Bertz CT molecular complexity index is 645. The lowest BCUT2D eigenvalue weighted by molar-refractivity contribution is 0.132. The number of ether oxygens (including phenoxy) is 1. The van der Waals surface area contributed by atoms with Gasteiger partial charge < -0.3 is 4.74 Å². The van der Waals surface area contributed by atoms with E-state index in [-0.39, 0.29) is 0 Å². The number of nitrogens with one attached hydrogen (secondary N) is 1. The van der Waals surface area contributed by atoms with E-state index in [9.17, 15) is 8.42 Å². The number of sulfonamides is 1. The standard InChI is InChI=1S/C17H26N2O3S/c1-23(20,21)18-10-8-16-7-2-3-11-19(16)13-15-6-4-5-14-9-12-22-17(14)15/h4-6,16,18H,2-3,7-13H2,1H3. The number of likely N-dealkylation sites (tertiary alicyclic amines) is 1. The second-order valence-electron chi connectivity index (χ2n) is 6.58. The lowest BCUT2D eigenvalue weighted by Crippen LogP contribution is -2.41. The van der Waals surface area contributed by atoms with Crippen molar-refractivity contribution < 1.29 is 13.2 Å². The highest BCUT2D eigenvalue weighted by atomic mass is 32.2. The molecule has 5 nitrogen and oxygen atoms in total. The van der Waals surface area contributed by atoms with Crippen LogP contribution in [0.25, 0.3) is 0 Å². The van der Waals surface area contributed by atoms with Crippen molar-refractivity contribution in [2.45, 2.75) is 44.7 Å². The Morgan fingerprint density at radius 2 is 2.22 bits per heavy atom. The fourth-order valence-corrected chi connectivity index (χ4v) is 4.12. The average molecular weight is 338 g/mol. The van der Waals surface area contributed by atoms with Crippen LogP contribution in [0, 0.1) is 0 Å². The molecule has 1 N–H and O–H groups in total. The van der Waals surface area contributed by atoms with E-state index >= 15 is 0 Å². The first-order chi connectivity index (χ1) is 11.0. The number of hydrogen-bond donors (Lipinski definition) is 1. The summed E-state index contributed by atoms with van der Waals surface area (Å²) >= 11 is 0. The van der Waals surface area contributed by atoms with Crippen LogP contribution in [0.15, 0.2) is 18.2 Å². The van der Waals surface area contributed by atoms with Crippen LogP contribution in [0.3, 0.4) is 0 Å². The minimum absolute atomic E-state index is 0.440. The Kier molecular flexibility index (Phi) is 5.24. The van der Waals surface area contributed by atoms with E-state index in [1.165, 1.54) is 30.2 Å². The maximum Gasteiger partial charge on any atom is 0.208 e. The van der Waals surface area contributed by atoms with Crippen LogP contribution in [0.4, 0.5) is 0 Å². The van der Waals surface area contributed by atoms with Gasteiger partial charge in [-0.25, -0.2) is 13.1 Å². The van der Waals surface area contributed by atoms with E-state index in [2.05, 4.69) is 27.8 Å². The second kappa shape index (κ2) is 7.20. The molecule has 0 radical (unpaired) electrons. The lowest BCUT2D eigenvalue weighted by atomic mass is 9.98. The van der Waals surface area contributed by atoms with Gasteiger partial charge in [0.2, 0.25) is 10.0 Å². The molecule has 1 atom stereocenters. The first-order valence-corrected chi connectivity index (χ1v) is 10.3. The van der Waals surface area contributed by atoms with Crippen molar-refractivity contribution in [1.29, 1.82) is 0 Å². The van der Waals surface area contributed by atoms with Crippen molar-refractivity contribution in [2.75, 3.05) is 26.0 Å². The summed E-state index contributed by atoms with van der Waals surface area (Å²) in [7, 11) is -3.10. The summed E-state index contributed by atoms with van der Waals surface area (Å²) in [4.78, 5) is 2.49. The fraction of sp³-hybridized carbons (Fsp3) is 0.647. The molecular weight excluding hydrogens is 312 g/mol. The number of fused-ring (bicyclic) bond motifs is 1. The van der Waals surface area contributed by atoms with Gasteiger partial charge in [0.15, 0.2) is 0 Å². The van der Waals surface area contributed by atoms with E-state index in [0.29, 0.717) is 12.6 Å². The van der Waals surface area contributed by atoms with Crippen molar-refractivity contribution in [3.63, 3.8) is 0 Å². The zero-order valence-corrected chi connectivity index (χ0v) is 14.6. The highest BCUT2D eigenvalue weighted by Gasteiger charge is 2.25. The molecule has 0 saturated carbocycles. The molecule has 1 aromatic carbocycles. The van der Waals surface area contributed by atoms with Crippen LogP contribution in [-0.2, 0) is 23.0 Å². The van der Waals surface area contributed by atoms with Gasteiger partial charge in [0, 0.05) is 31.1 Å². The number of hydrogen-bond acceptors (Lipinski definition) is 4. The van der Waals surface area contributed by atoms with Crippen LogP contribution >= 0.6 is 0 Å². The summed E-state index contributed by atoms with van der Waals surface area (Å²) in [6, 6.07) is 6.86. The summed E-state index contributed by atoms with van der Waals surface area (Å²) in [5, 5.41) is 0. The van der Waals surface area contributed by atoms with Crippen molar-refractivity contribution in [2.24, 2.45) is 0 Å². The lowest BCUT2D eigenvalue weighted by Gasteiger charge is -2.36. The van der Waals surface area contributed by atoms with Crippen LogP contribution in [0.5, 0.6) is 5.75 Å². The zero-order valence-electron chi connectivity index (χ0n) is 13.8. The third-order valence-corrected chi connectivity index (χ3v) is 5.49. The Morgan fingerprint density at radius 1 is 1.35 bits per heavy atom. The Morgan fingerprint density at radius 3 is 3.04 bits per heavy atom. The van der Waals surface area contributed by atoms with Crippen LogP contribution in [-0.4, -0.2) is 45.3 Å². The number of benzene rings is 1. The number of rotatable bonds is 6. The second-order valence-corrected chi connectivity index (χ2v) is 8.41. The van der Waals surface area contributed by atoms with Gasteiger partial charge in [0.05, 0.1) is 12.9 Å². The van der Waals surface area contributed by atoms with Crippen LogP contribution < -0.4 is 9.46 Å². The van der Waals surface area contributed by atoms with Crippen molar-refractivity contribution in [1.82, 2.24) is 9.62 Å². The highest BCUT2D eigenvalue weighted by molar-refractivity contribution is 7.88. The molecule has 2 aliphatic rings. The van der Waals surface area contributed by atoms with E-state index in [1.807, 2.05) is 0 Å². The molecule has 1 unspecified atom stereocenters. The smallest absolute Gasteiger partial charge is 0.208 e. The Balaban J connectivity index is 1.64. The Hall–Kier alpha value is -1.11. The van der Waals surface area contributed by atoms with Crippen molar-refractivity contribution in [3.05, 3.63) is 29.3 Å². The molecule has 1 fully saturated rings. The SMILES string of the molecule is CS(=O)(=O)NCCC1CCCCN1Cc1cccc2c1OCC2. The largest absolute Gasteiger partial charge is 0.493 e. The topological polar surface area (TPSA) is 58.6 Å². The fourth-order valence-electron chi connectivity index (χ4n) is 3.63. The first kappa shape index (κ1) is 16.7. The average Bonchev–Trinajstić information content (AvgIpc) is 2.97. The molecule has 1 aromatic rings. The molecule has 0 aliphatic carbocycles. The third kappa shape index (κ3) is 4.46. The molecule has 128 valence electrons. The normalized spacial score (nSPS) is 21.9. The van der Waals surface area contributed by atoms with Gasteiger partial charge in [0.25, 0.3) is 0 Å². The minimum atomic E-state index is -3.10. The van der Waals surface area contributed by atoms with Crippen molar-refractivity contribution in [3.8, 4) is 5.75 Å². The van der Waals surface area contributed by atoms with Gasteiger partial charge in [-0.2, -0.15) is 0 Å². The quantitative estimate of drug-likeness (QED) is 0.861. The molecule has 6 heteroatoms. The summed E-state index contributed by atoms with van der Waals surface area (Å²) in [6.45, 7) is 3.28. The summed E-state index contributed by atoms with van der Waals surface area (Å²) in [5.74, 6) is 1.08. The number of nitrogens with zero attached hydrogens (tertiary/aromatic N) is 1. The van der Waals surface area contributed by atoms with E-state index in [1.54, 1.807) is 0 Å². The molecule has 0 spiro atoms. The molecular formula is C17H26N2O3S. The van der Waals surface area contributed by atoms with Gasteiger partial charge in [-0.3, -0.25) is 4.90 Å². The third-order valence-electron chi connectivity index (χ3n) is 4.76. The van der Waals surface area contributed by atoms with Gasteiger partial charge in [-0.1, -0.05) is 24.6 Å². The van der Waals surface area contributed by atoms with Gasteiger partial charge in [0.1, 0.15) is 5.75 Å². The first-order valence-electron chi connectivity index (χ1n) is 8.45. The highest BCUT2D eigenvalue weighted by Crippen LogP contribution is 2.32. The van der Waals surface area contributed by atoms with Gasteiger partial charge in [-0.15, -0.1) is 0 Å². The monoisotopic (exact) mass is 338 g/mol. The van der Waals surface area contributed by atoms with Crippen LogP contribution in [0.1, 0.15) is 36.8 Å². The van der Waals surface area contributed by atoms with Crippen molar-refractivity contribution >= 4 is 10.0 Å². The number of para-hydroxylation sites is 1. The summed E-state index contributed by atoms with van der Waals surface area (Å²) in [6.07, 6.45) is 6.67. The van der Waals surface area contributed by atoms with Gasteiger partial charge in [-0.05, 0) is 31.4 Å². The Labute approximate surface area is 139 Å².